The van der Waals surface area contributed by atoms with Gasteiger partial charge in [0.05, 0.1) is 18.4 Å². The van der Waals surface area contributed by atoms with Crippen LogP contribution in [0, 0.1) is 23.7 Å². The number of nitrogens with zero attached hydrogens (tertiary/aromatic N) is 4. The number of pyridine rings is 1. The van der Waals surface area contributed by atoms with E-state index >= 15 is 0 Å². The van der Waals surface area contributed by atoms with Crippen LogP contribution in [0.15, 0.2) is 35.5 Å². The molecule has 2 aliphatic carbocycles. The zero-order valence-corrected chi connectivity index (χ0v) is 20.6. The van der Waals surface area contributed by atoms with E-state index in [4.69, 9.17) is 0 Å². The van der Waals surface area contributed by atoms with Crippen LogP contribution in [-0.4, -0.2) is 61.4 Å². The Morgan fingerprint density at radius 3 is 2.48 bits per heavy atom. The number of aliphatic imine (C=N–C) groups is 1. The third kappa shape index (κ3) is 4.56. The minimum Gasteiger partial charge on any atom is -0.362 e. The highest BCUT2D eigenvalue weighted by molar-refractivity contribution is 14.0. The molecule has 0 spiro atoms. The number of amides is 2. The predicted octanol–water partition coefficient (Wildman–Crippen LogP) is 1.63. The van der Waals surface area contributed by atoms with E-state index in [1.165, 1.54) is 4.90 Å². The minimum atomic E-state index is -0.135. The molecular weight excluding hydrogens is 507 g/mol. The average molecular weight is 538 g/mol. The molecule has 2 N–H and O–H groups in total. The molecule has 0 aromatic carbocycles. The third-order valence-corrected chi connectivity index (χ3v) is 6.23. The predicted molar refractivity (Wildman–Crippen MR) is 131 cm³/mol. The molecule has 2 fully saturated rings. The number of hydrogen-bond acceptors (Lipinski definition) is 5. The maximum Gasteiger partial charge on any atom is 0.233 e. The molecule has 4 unspecified atom stereocenters. The number of fused-ring (bicyclic) bond motifs is 5. The summed E-state index contributed by atoms with van der Waals surface area (Å²) in [4.78, 5) is 38.0. The number of allylic oxidation sites excluding steroid dienone is 2. The van der Waals surface area contributed by atoms with E-state index in [-0.39, 0.29) is 59.5 Å². The van der Waals surface area contributed by atoms with Crippen molar-refractivity contribution in [1.29, 1.82) is 0 Å². The third-order valence-electron chi connectivity index (χ3n) is 6.23. The smallest absolute Gasteiger partial charge is 0.233 e. The lowest BCUT2D eigenvalue weighted by molar-refractivity contribution is -0.140. The number of nitrogens with one attached hydrogen (secondary N) is 2. The average Bonchev–Trinajstić information content (AvgIpc) is 3.41. The van der Waals surface area contributed by atoms with E-state index in [0.29, 0.717) is 25.6 Å². The van der Waals surface area contributed by atoms with Crippen LogP contribution in [0.3, 0.4) is 0 Å². The van der Waals surface area contributed by atoms with Gasteiger partial charge >= 0.3 is 0 Å². The maximum absolute atomic E-state index is 12.8. The topological polar surface area (TPSA) is 89.9 Å². The highest BCUT2D eigenvalue weighted by atomic mass is 127. The van der Waals surface area contributed by atoms with E-state index in [1.807, 2.05) is 38.1 Å². The summed E-state index contributed by atoms with van der Waals surface area (Å²) in [6.07, 6.45) is 6.97. The highest BCUT2D eigenvalue weighted by Gasteiger charge is 2.58. The number of aromatic nitrogens is 1. The van der Waals surface area contributed by atoms with Crippen molar-refractivity contribution in [1.82, 2.24) is 20.5 Å². The molecule has 1 aliphatic heterocycles. The van der Waals surface area contributed by atoms with Gasteiger partial charge in [-0.15, -0.1) is 24.0 Å². The van der Waals surface area contributed by atoms with Gasteiger partial charge < -0.3 is 15.5 Å². The summed E-state index contributed by atoms with van der Waals surface area (Å²) in [7, 11) is 3.92. The lowest BCUT2D eigenvalue weighted by atomic mass is 9.85. The van der Waals surface area contributed by atoms with Gasteiger partial charge in [-0.05, 0) is 31.2 Å². The molecule has 9 heteroatoms. The van der Waals surface area contributed by atoms with E-state index < -0.39 is 0 Å². The Hall–Kier alpha value is -2.17. The first kappa shape index (κ1) is 23.5. The molecule has 168 valence electrons. The number of hydrogen-bond donors (Lipinski definition) is 2. The van der Waals surface area contributed by atoms with Gasteiger partial charge in [0.1, 0.15) is 5.82 Å². The van der Waals surface area contributed by atoms with Crippen LogP contribution in [0.4, 0.5) is 5.82 Å². The number of guanidine groups is 1. The Bertz CT molecular complexity index is 857. The van der Waals surface area contributed by atoms with Gasteiger partial charge in [-0.1, -0.05) is 18.2 Å². The van der Waals surface area contributed by atoms with Crippen LogP contribution < -0.4 is 15.5 Å². The molecule has 3 aliphatic rings. The van der Waals surface area contributed by atoms with Crippen molar-refractivity contribution in [2.45, 2.75) is 19.9 Å². The summed E-state index contributed by atoms with van der Waals surface area (Å²) >= 11 is 0. The molecule has 1 saturated heterocycles. The molecular formula is C22H31IN6O2. The molecule has 4 atom stereocenters. The Balaban J connectivity index is 0.00000272. The lowest BCUT2D eigenvalue weighted by Gasteiger charge is -2.19. The number of likely N-dealkylation sites (tertiary alicyclic amines) is 1. The van der Waals surface area contributed by atoms with E-state index in [0.717, 1.165) is 24.3 Å². The first-order valence-corrected chi connectivity index (χ1v) is 10.7. The molecule has 2 heterocycles. The Kier molecular flexibility index (Phi) is 7.55. The van der Waals surface area contributed by atoms with E-state index in [2.05, 4.69) is 32.8 Å². The van der Waals surface area contributed by atoms with Crippen LogP contribution in [-0.2, 0) is 16.1 Å². The summed E-state index contributed by atoms with van der Waals surface area (Å²) in [5.41, 5.74) is 1.03. The van der Waals surface area contributed by atoms with Gasteiger partial charge in [-0.3, -0.25) is 14.5 Å². The number of halogens is 1. The Morgan fingerprint density at radius 2 is 1.87 bits per heavy atom. The summed E-state index contributed by atoms with van der Waals surface area (Å²) in [6, 6.07) is 3.92. The first-order chi connectivity index (χ1) is 14.5. The van der Waals surface area contributed by atoms with Gasteiger partial charge in [-0.25, -0.2) is 9.98 Å². The maximum atomic E-state index is 12.8. The first-order valence-electron chi connectivity index (χ1n) is 10.7. The second-order valence-corrected chi connectivity index (χ2v) is 8.33. The lowest BCUT2D eigenvalue weighted by Crippen LogP contribution is -2.43. The summed E-state index contributed by atoms with van der Waals surface area (Å²) < 4.78 is 0. The zero-order valence-electron chi connectivity index (χ0n) is 18.2. The van der Waals surface area contributed by atoms with Crippen molar-refractivity contribution < 1.29 is 9.59 Å². The SMILES string of the molecule is CCNC(=NCc1cccnc1N(C)C)NCCN1C(=O)C2C3C=CC(C3)C2C1=O.I. The van der Waals surface area contributed by atoms with E-state index in [9.17, 15) is 9.59 Å². The standard InChI is InChI=1S/C22H30N6O2.HI/c1-4-23-22(26-13-16-6-5-9-24-19(16)27(2)3)25-10-11-28-20(29)17-14-7-8-15(12-14)18(17)21(28)30;/h5-9,14-15,17-18H,4,10-13H2,1-3H3,(H2,23,25,26);1H. The van der Waals surface area contributed by atoms with Crippen LogP contribution in [0.25, 0.3) is 0 Å². The summed E-state index contributed by atoms with van der Waals surface area (Å²) in [5, 5.41) is 6.47. The Labute approximate surface area is 200 Å². The van der Waals surface area contributed by atoms with Crippen molar-refractivity contribution in [2.75, 3.05) is 38.6 Å². The van der Waals surface area contributed by atoms with Crippen LogP contribution >= 0.6 is 24.0 Å². The molecule has 8 nitrogen and oxygen atoms in total. The van der Waals surface area contributed by atoms with Gasteiger partial charge in [0.25, 0.3) is 0 Å². The monoisotopic (exact) mass is 538 g/mol. The normalized spacial score (nSPS) is 26.2. The van der Waals surface area contributed by atoms with Gasteiger partial charge in [0.2, 0.25) is 11.8 Å². The van der Waals surface area contributed by atoms with Crippen molar-refractivity contribution >= 4 is 47.6 Å². The van der Waals surface area contributed by atoms with Gasteiger partial charge in [0, 0.05) is 45.5 Å². The van der Waals surface area contributed by atoms with Crippen molar-refractivity contribution in [2.24, 2.45) is 28.7 Å². The van der Waals surface area contributed by atoms with Crippen molar-refractivity contribution in [3.63, 3.8) is 0 Å². The number of rotatable bonds is 7. The fourth-order valence-corrected chi connectivity index (χ4v) is 4.93. The van der Waals surface area contributed by atoms with E-state index in [1.54, 1.807) is 6.20 Å². The van der Waals surface area contributed by atoms with Crippen molar-refractivity contribution in [3.8, 4) is 0 Å². The van der Waals surface area contributed by atoms with Gasteiger partial charge in [-0.2, -0.15) is 0 Å². The number of carbonyl (C=O) groups is 2. The zero-order chi connectivity index (χ0) is 21.3. The fourth-order valence-electron chi connectivity index (χ4n) is 4.93. The molecule has 1 aromatic heterocycles. The van der Waals surface area contributed by atoms with Gasteiger partial charge in [0.15, 0.2) is 5.96 Å². The number of imide groups is 1. The largest absolute Gasteiger partial charge is 0.362 e. The summed E-state index contributed by atoms with van der Waals surface area (Å²) in [6.45, 7) is 4.05. The molecule has 4 rings (SSSR count). The van der Waals surface area contributed by atoms with Crippen LogP contribution in [0.2, 0.25) is 0 Å². The highest BCUT2D eigenvalue weighted by Crippen LogP contribution is 2.52. The molecule has 31 heavy (non-hydrogen) atoms. The van der Waals surface area contributed by atoms with Crippen LogP contribution in [0.5, 0.6) is 0 Å². The van der Waals surface area contributed by atoms with Crippen molar-refractivity contribution in [3.05, 3.63) is 36.0 Å². The molecule has 2 amide bonds. The van der Waals surface area contributed by atoms with Crippen LogP contribution in [0.1, 0.15) is 18.9 Å². The Morgan fingerprint density at radius 1 is 1.19 bits per heavy atom. The quantitative estimate of drug-likeness (QED) is 0.181. The molecule has 1 saturated carbocycles. The molecule has 2 bridgehead atoms. The number of carbonyl (C=O) groups excluding carboxylic acids is 2. The minimum absolute atomic E-state index is 0. The molecule has 1 aromatic rings. The second-order valence-electron chi connectivity index (χ2n) is 8.33. The number of anilines is 1. The molecule has 0 radical (unpaired) electrons. The summed E-state index contributed by atoms with van der Waals surface area (Å²) in [5.74, 6) is 1.77. The second kappa shape index (κ2) is 9.97. The fraction of sp³-hybridized carbons (Fsp3) is 0.545.